The zero-order valence-corrected chi connectivity index (χ0v) is 14.8. The number of amides is 1. The highest BCUT2D eigenvalue weighted by Gasteiger charge is 2.30. The van der Waals surface area contributed by atoms with Gasteiger partial charge in [-0.25, -0.2) is 4.98 Å². The minimum atomic E-state index is -0.125. The topological polar surface area (TPSA) is 84.2 Å². The summed E-state index contributed by atoms with van der Waals surface area (Å²) in [4.78, 5) is 18.6. The van der Waals surface area contributed by atoms with E-state index in [0.717, 1.165) is 10.9 Å². The van der Waals surface area contributed by atoms with Crippen LogP contribution in [-0.4, -0.2) is 45.2 Å². The van der Waals surface area contributed by atoms with Crippen molar-refractivity contribution in [3.8, 4) is 17.3 Å². The Bertz CT molecular complexity index is 878. The number of aromatic amines is 1. The molecule has 8 heteroatoms. The Balaban J connectivity index is 1.41. The average Bonchev–Trinajstić information content (AvgIpc) is 3.37. The van der Waals surface area contributed by atoms with Gasteiger partial charge in [0.25, 0.3) is 5.91 Å². The number of hydrogen-bond donors (Lipinski definition) is 1. The third-order valence-corrected chi connectivity index (χ3v) is 4.62. The molecule has 0 saturated carbocycles. The molecule has 1 N–H and O–H groups in total. The fraction of sp³-hybridized carbons (Fsp3) is 0.235. The van der Waals surface area contributed by atoms with Crippen LogP contribution in [0.5, 0.6) is 5.88 Å². The summed E-state index contributed by atoms with van der Waals surface area (Å²) in [6.07, 6.45) is 3.93. The smallest absolute Gasteiger partial charge is 0.274 e. The number of H-pyrrole nitrogens is 1. The minimum absolute atomic E-state index is 0.0846. The normalized spacial score (nSPS) is 17.0. The van der Waals surface area contributed by atoms with Crippen LogP contribution in [0.2, 0.25) is 0 Å². The standard InChI is InChI=1S/C17H15BrN4O3/c18-12-3-1-6-19-16(12)25-11-5-7-22(10-11)17(23)14-9-13(20-21-14)15-4-2-8-24-15/h1-4,6,8-9,11H,5,7,10H2,(H,20,21). The number of rotatable bonds is 4. The lowest BCUT2D eigenvalue weighted by Gasteiger charge is -2.16. The van der Waals surface area contributed by atoms with Gasteiger partial charge in [0, 0.05) is 25.2 Å². The van der Waals surface area contributed by atoms with Crippen molar-refractivity contribution < 1.29 is 13.9 Å². The number of hydrogen-bond acceptors (Lipinski definition) is 5. The number of nitrogens with one attached hydrogen (secondary N) is 1. The zero-order valence-electron chi connectivity index (χ0n) is 13.2. The lowest BCUT2D eigenvalue weighted by atomic mass is 10.3. The Kier molecular flexibility index (Phi) is 4.27. The van der Waals surface area contributed by atoms with E-state index < -0.39 is 0 Å². The number of halogens is 1. The summed E-state index contributed by atoms with van der Waals surface area (Å²) < 4.78 is 12.0. The first-order valence-electron chi connectivity index (χ1n) is 7.86. The number of aromatic nitrogens is 3. The van der Waals surface area contributed by atoms with Gasteiger partial charge in [0.1, 0.15) is 11.8 Å². The summed E-state index contributed by atoms with van der Waals surface area (Å²) >= 11 is 3.41. The number of pyridine rings is 1. The highest BCUT2D eigenvalue weighted by atomic mass is 79.9. The van der Waals surface area contributed by atoms with E-state index in [4.69, 9.17) is 9.15 Å². The van der Waals surface area contributed by atoms with Crippen molar-refractivity contribution in [2.24, 2.45) is 0 Å². The van der Waals surface area contributed by atoms with Gasteiger partial charge in [-0.15, -0.1) is 0 Å². The zero-order chi connectivity index (χ0) is 17.2. The summed E-state index contributed by atoms with van der Waals surface area (Å²) in [5.41, 5.74) is 1.05. The third-order valence-electron chi connectivity index (χ3n) is 4.02. The number of likely N-dealkylation sites (tertiary alicyclic amines) is 1. The summed E-state index contributed by atoms with van der Waals surface area (Å²) in [5, 5.41) is 6.94. The van der Waals surface area contributed by atoms with Crippen LogP contribution in [0.4, 0.5) is 0 Å². The van der Waals surface area contributed by atoms with Crippen molar-refractivity contribution in [2.45, 2.75) is 12.5 Å². The van der Waals surface area contributed by atoms with Gasteiger partial charge >= 0.3 is 0 Å². The summed E-state index contributed by atoms with van der Waals surface area (Å²) in [5.74, 6) is 1.07. The summed E-state index contributed by atoms with van der Waals surface area (Å²) in [7, 11) is 0. The second-order valence-corrected chi connectivity index (χ2v) is 6.57. The van der Waals surface area contributed by atoms with Crippen LogP contribution in [0.25, 0.3) is 11.5 Å². The molecule has 3 aromatic heterocycles. The average molecular weight is 403 g/mol. The molecule has 3 aromatic rings. The molecule has 1 aliphatic heterocycles. The molecule has 0 spiro atoms. The Hall–Kier alpha value is -2.61. The molecule has 1 aliphatic rings. The molecule has 4 rings (SSSR count). The lowest BCUT2D eigenvalue weighted by molar-refractivity contribution is 0.0765. The number of furan rings is 1. The number of carbonyl (C=O) groups excluding carboxylic acids is 1. The molecule has 1 saturated heterocycles. The SMILES string of the molecule is O=C(c1cc(-c2ccco2)[nH]n1)N1CCC(Oc2ncccc2Br)C1. The van der Waals surface area contributed by atoms with Crippen LogP contribution in [0, 0.1) is 0 Å². The monoisotopic (exact) mass is 402 g/mol. The fourth-order valence-corrected chi connectivity index (χ4v) is 3.12. The van der Waals surface area contributed by atoms with E-state index >= 15 is 0 Å². The van der Waals surface area contributed by atoms with Crippen LogP contribution >= 0.6 is 15.9 Å². The van der Waals surface area contributed by atoms with Gasteiger partial charge < -0.3 is 14.1 Å². The molecule has 1 unspecified atom stereocenters. The van der Waals surface area contributed by atoms with Crippen molar-refractivity contribution in [3.63, 3.8) is 0 Å². The van der Waals surface area contributed by atoms with Crippen molar-refractivity contribution in [1.82, 2.24) is 20.1 Å². The first-order valence-corrected chi connectivity index (χ1v) is 8.66. The molecule has 7 nitrogen and oxygen atoms in total. The Morgan fingerprint density at radius 2 is 2.32 bits per heavy atom. The van der Waals surface area contributed by atoms with Crippen molar-refractivity contribution in [2.75, 3.05) is 13.1 Å². The van der Waals surface area contributed by atoms with E-state index in [0.29, 0.717) is 36.1 Å². The van der Waals surface area contributed by atoms with Gasteiger partial charge in [-0.3, -0.25) is 9.89 Å². The van der Waals surface area contributed by atoms with Crippen LogP contribution in [-0.2, 0) is 0 Å². The summed E-state index contributed by atoms with van der Waals surface area (Å²) in [6, 6.07) is 9.00. The Morgan fingerprint density at radius 3 is 3.12 bits per heavy atom. The van der Waals surface area contributed by atoms with E-state index in [1.807, 2.05) is 18.2 Å². The molecular formula is C17H15BrN4O3. The molecule has 0 aliphatic carbocycles. The van der Waals surface area contributed by atoms with Gasteiger partial charge in [-0.1, -0.05) is 0 Å². The van der Waals surface area contributed by atoms with E-state index in [9.17, 15) is 4.79 Å². The largest absolute Gasteiger partial charge is 0.472 e. The van der Waals surface area contributed by atoms with E-state index in [2.05, 4.69) is 31.1 Å². The highest BCUT2D eigenvalue weighted by molar-refractivity contribution is 9.10. The second kappa shape index (κ2) is 6.72. The maximum absolute atomic E-state index is 12.6. The minimum Gasteiger partial charge on any atom is -0.472 e. The number of ether oxygens (including phenoxy) is 1. The van der Waals surface area contributed by atoms with Crippen molar-refractivity contribution in [3.05, 3.63) is 53.0 Å². The third kappa shape index (κ3) is 3.30. The molecule has 0 aromatic carbocycles. The van der Waals surface area contributed by atoms with Gasteiger partial charge in [0.15, 0.2) is 11.5 Å². The Labute approximate surface area is 152 Å². The molecule has 128 valence electrons. The van der Waals surface area contributed by atoms with Crippen LogP contribution in [0.15, 0.2) is 51.7 Å². The van der Waals surface area contributed by atoms with Gasteiger partial charge in [0.05, 0.1) is 17.3 Å². The maximum Gasteiger partial charge on any atom is 0.274 e. The molecule has 1 fully saturated rings. The first-order chi connectivity index (χ1) is 12.2. The van der Waals surface area contributed by atoms with Crippen LogP contribution in [0.1, 0.15) is 16.9 Å². The van der Waals surface area contributed by atoms with Crippen LogP contribution < -0.4 is 4.74 Å². The maximum atomic E-state index is 12.6. The highest BCUT2D eigenvalue weighted by Crippen LogP contribution is 2.25. The molecule has 4 heterocycles. The lowest BCUT2D eigenvalue weighted by Crippen LogP contribution is -2.31. The van der Waals surface area contributed by atoms with E-state index in [1.165, 1.54) is 0 Å². The molecule has 0 bridgehead atoms. The predicted molar refractivity (Wildman–Crippen MR) is 93.2 cm³/mol. The van der Waals surface area contributed by atoms with Gasteiger partial charge in [0.2, 0.25) is 5.88 Å². The number of nitrogens with zero attached hydrogens (tertiary/aromatic N) is 3. The van der Waals surface area contributed by atoms with E-state index in [1.54, 1.807) is 29.5 Å². The van der Waals surface area contributed by atoms with Gasteiger partial charge in [-0.05, 0) is 40.2 Å². The quantitative estimate of drug-likeness (QED) is 0.724. The second-order valence-electron chi connectivity index (χ2n) is 5.71. The molecule has 1 atom stereocenters. The number of carbonyl (C=O) groups is 1. The van der Waals surface area contributed by atoms with Crippen LogP contribution in [0.3, 0.4) is 0 Å². The first kappa shape index (κ1) is 15.9. The van der Waals surface area contributed by atoms with Gasteiger partial charge in [-0.2, -0.15) is 5.10 Å². The van der Waals surface area contributed by atoms with E-state index in [-0.39, 0.29) is 12.0 Å². The molecule has 1 amide bonds. The molecule has 0 radical (unpaired) electrons. The predicted octanol–water partition coefficient (Wildman–Crippen LogP) is 3.12. The molecular weight excluding hydrogens is 388 g/mol. The fourth-order valence-electron chi connectivity index (χ4n) is 2.78. The van der Waals surface area contributed by atoms with Crippen molar-refractivity contribution >= 4 is 21.8 Å². The Morgan fingerprint density at radius 1 is 1.40 bits per heavy atom. The summed E-state index contributed by atoms with van der Waals surface area (Å²) in [6.45, 7) is 1.13. The van der Waals surface area contributed by atoms with Crippen molar-refractivity contribution in [1.29, 1.82) is 0 Å². The molecule has 25 heavy (non-hydrogen) atoms.